The van der Waals surface area contributed by atoms with E-state index in [9.17, 15) is 18.0 Å². The minimum Gasteiger partial charge on any atom is -0.497 e. The van der Waals surface area contributed by atoms with Crippen LogP contribution in [0, 0.1) is 0 Å². The van der Waals surface area contributed by atoms with E-state index in [1.807, 2.05) is 18.2 Å². The van der Waals surface area contributed by atoms with Crippen LogP contribution in [0.1, 0.15) is 36.8 Å². The molecule has 1 aliphatic rings. The van der Waals surface area contributed by atoms with Gasteiger partial charge in [-0.2, -0.15) is 13.2 Å². The van der Waals surface area contributed by atoms with Crippen molar-refractivity contribution in [1.29, 1.82) is 0 Å². The molecule has 126 valence electrons. The van der Waals surface area contributed by atoms with Gasteiger partial charge in [0.15, 0.2) is 0 Å². The zero-order valence-corrected chi connectivity index (χ0v) is 13.1. The number of benzene rings is 1. The van der Waals surface area contributed by atoms with Crippen molar-refractivity contribution < 1.29 is 27.4 Å². The number of hydrogen-bond acceptors (Lipinski definition) is 3. The summed E-state index contributed by atoms with van der Waals surface area (Å²) >= 11 is 0. The number of fused-ring (bicyclic) bond motifs is 1. The van der Waals surface area contributed by atoms with Gasteiger partial charge in [0.25, 0.3) is 0 Å². The molecule has 23 heavy (non-hydrogen) atoms. The van der Waals surface area contributed by atoms with Crippen molar-refractivity contribution in [2.24, 2.45) is 0 Å². The number of rotatable bonds is 6. The summed E-state index contributed by atoms with van der Waals surface area (Å²) in [5, 5.41) is 0. The highest BCUT2D eigenvalue weighted by Crippen LogP contribution is 2.41. The Morgan fingerprint density at radius 1 is 1.43 bits per heavy atom. The Labute approximate surface area is 133 Å². The van der Waals surface area contributed by atoms with Gasteiger partial charge < -0.3 is 9.47 Å². The molecule has 3 nitrogen and oxygen atoms in total. The predicted octanol–water partition coefficient (Wildman–Crippen LogP) is 4.17. The third kappa shape index (κ3) is 4.06. The fraction of sp³-hybridized carbons (Fsp3) is 0.471. The van der Waals surface area contributed by atoms with Crippen LogP contribution >= 0.6 is 0 Å². The topological polar surface area (TPSA) is 35.5 Å². The molecule has 0 radical (unpaired) electrons. The van der Waals surface area contributed by atoms with Gasteiger partial charge in [0.1, 0.15) is 11.9 Å². The van der Waals surface area contributed by atoms with E-state index in [0.29, 0.717) is 6.42 Å². The van der Waals surface area contributed by atoms with Crippen molar-refractivity contribution in [2.45, 2.75) is 44.4 Å². The highest BCUT2D eigenvalue weighted by Gasteiger charge is 2.39. The van der Waals surface area contributed by atoms with Crippen LogP contribution in [0.25, 0.3) is 0 Å². The van der Waals surface area contributed by atoms with Gasteiger partial charge in [-0.25, -0.2) is 0 Å². The molecule has 1 aromatic rings. The molecular weight excluding hydrogens is 309 g/mol. The minimum absolute atomic E-state index is 0.105. The first-order valence-electron chi connectivity index (χ1n) is 7.32. The van der Waals surface area contributed by atoms with Crippen LogP contribution in [-0.4, -0.2) is 25.4 Å². The number of halogens is 3. The van der Waals surface area contributed by atoms with Gasteiger partial charge in [0, 0.05) is 6.92 Å². The molecule has 0 saturated carbocycles. The molecule has 0 fully saturated rings. The van der Waals surface area contributed by atoms with Crippen molar-refractivity contribution in [3.05, 3.63) is 41.5 Å². The van der Waals surface area contributed by atoms with Gasteiger partial charge >= 0.3 is 12.1 Å². The quantitative estimate of drug-likeness (QED) is 0.581. The van der Waals surface area contributed by atoms with Crippen LogP contribution in [-0.2, 0) is 16.0 Å². The molecule has 1 aromatic carbocycles. The average molecular weight is 328 g/mol. The highest BCUT2D eigenvalue weighted by molar-refractivity contribution is 5.66. The summed E-state index contributed by atoms with van der Waals surface area (Å²) in [5.41, 5.74) is 1.25. The van der Waals surface area contributed by atoms with Gasteiger partial charge in [-0.1, -0.05) is 12.6 Å². The number of carbonyl (C=O) groups is 1. The second-order valence-corrected chi connectivity index (χ2v) is 5.66. The van der Waals surface area contributed by atoms with E-state index in [2.05, 4.69) is 6.58 Å². The third-order valence-electron chi connectivity index (χ3n) is 4.09. The molecule has 0 aliphatic heterocycles. The molecule has 1 aliphatic carbocycles. The van der Waals surface area contributed by atoms with E-state index in [1.54, 1.807) is 7.11 Å². The molecule has 2 atom stereocenters. The van der Waals surface area contributed by atoms with Crippen molar-refractivity contribution in [3.63, 3.8) is 0 Å². The standard InChI is InChI=1S/C17H19F3O3/c1-10(17(18,19)20)16(23-11(2)21)7-4-12-8-13-9-14(22-3)5-6-15(12)13/h5-6,9,12,16H,1,4,7-8H2,2-3H3. The number of ether oxygens (including phenoxy) is 2. The van der Waals surface area contributed by atoms with E-state index < -0.39 is 23.8 Å². The van der Waals surface area contributed by atoms with E-state index in [0.717, 1.165) is 30.2 Å². The minimum atomic E-state index is -4.56. The van der Waals surface area contributed by atoms with Gasteiger partial charge in [0.2, 0.25) is 0 Å². The molecule has 2 unspecified atom stereocenters. The third-order valence-corrected chi connectivity index (χ3v) is 4.09. The lowest BCUT2D eigenvalue weighted by atomic mass is 9.74. The fourth-order valence-electron chi connectivity index (χ4n) is 2.83. The van der Waals surface area contributed by atoms with Gasteiger partial charge in [-0.3, -0.25) is 4.79 Å². The van der Waals surface area contributed by atoms with Crippen LogP contribution < -0.4 is 4.74 Å². The number of alkyl halides is 3. The van der Waals surface area contributed by atoms with E-state index in [-0.39, 0.29) is 12.3 Å². The number of esters is 1. The van der Waals surface area contributed by atoms with Crippen LogP contribution in [0.3, 0.4) is 0 Å². The Kier molecular flexibility index (Phi) is 5.02. The molecule has 0 bridgehead atoms. The van der Waals surface area contributed by atoms with E-state index >= 15 is 0 Å². The average Bonchev–Trinajstić information content (AvgIpc) is 2.44. The summed E-state index contributed by atoms with van der Waals surface area (Å²) in [5.74, 6) is 0.208. The Morgan fingerprint density at radius 2 is 2.13 bits per heavy atom. The largest absolute Gasteiger partial charge is 0.497 e. The van der Waals surface area contributed by atoms with Crippen LogP contribution in [0.5, 0.6) is 5.75 Å². The maximum Gasteiger partial charge on any atom is 0.415 e. The van der Waals surface area contributed by atoms with E-state index in [1.165, 1.54) is 0 Å². The molecule has 0 aromatic heterocycles. The fourth-order valence-corrected chi connectivity index (χ4v) is 2.83. The van der Waals surface area contributed by atoms with Crippen molar-refractivity contribution in [2.75, 3.05) is 7.11 Å². The zero-order valence-electron chi connectivity index (χ0n) is 13.1. The Hall–Kier alpha value is -1.98. The second kappa shape index (κ2) is 6.64. The summed E-state index contributed by atoms with van der Waals surface area (Å²) < 4.78 is 48.3. The zero-order chi connectivity index (χ0) is 17.2. The molecular formula is C17H19F3O3. The maximum atomic E-state index is 12.8. The van der Waals surface area contributed by atoms with E-state index in [4.69, 9.17) is 9.47 Å². The molecule has 2 rings (SSSR count). The number of carbonyl (C=O) groups excluding carboxylic acids is 1. The lowest BCUT2D eigenvalue weighted by Gasteiger charge is -2.32. The Morgan fingerprint density at radius 3 is 2.65 bits per heavy atom. The highest BCUT2D eigenvalue weighted by atomic mass is 19.4. The molecule has 0 amide bonds. The SMILES string of the molecule is C=C(C(CCC1Cc2cc(OC)ccc21)OC(C)=O)C(F)(F)F. The summed E-state index contributed by atoms with van der Waals surface area (Å²) in [6, 6.07) is 5.70. The first-order chi connectivity index (χ1) is 10.7. The first kappa shape index (κ1) is 17.4. The van der Waals surface area contributed by atoms with Crippen molar-refractivity contribution >= 4 is 5.97 Å². The summed E-state index contributed by atoms with van der Waals surface area (Å²) in [6.07, 6.45) is -4.49. The molecule has 0 heterocycles. The number of hydrogen-bond donors (Lipinski definition) is 0. The number of methoxy groups -OCH3 is 1. The lowest BCUT2D eigenvalue weighted by Crippen LogP contribution is -2.29. The van der Waals surface area contributed by atoms with Gasteiger partial charge in [-0.05, 0) is 48.4 Å². The van der Waals surface area contributed by atoms with Crippen LogP contribution in [0.4, 0.5) is 13.2 Å². The van der Waals surface area contributed by atoms with Crippen molar-refractivity contribution in [3.8, 4) is 5.75 Å². The lowest BCUT2D eigenvalue weighted by molar-refractivity contribution is -0.150. The Balaban J connectivity index is 1.99. The summed E-state index contributed by atoms with van der Waals surface area (Å²) in [7, 11) is 1.59. The van der Waals surface area contributed by atoms with Crippen molar-refractivity contribution in [1.82, 2.24) is 0 Å². The van der Waals surface area contributed by atoms with Gasteiger partial charge in [-0.15, -0.1) is 0 Å². The predicted molar refractivity (Wildman–Crippen MR) is 79.4 cm³/mol. The smallest absolute Gasteiger partial charge is 0.415 e. The first-order valence-corrected chi connectivity index (χ1v) is 7.32. The van der Waals surface area contributed by atoms with Gasteiger partial charge in [0.05, 0.1) is 12.7 Å². The molecule has 0 spiro atoms. The Bertz CT molecular complexity index is 608. The van der Waals surface area contributed by atoms with Crippen LogP contribution in [0.2, 0.25) is 0 Å². The molecule has 6 heteroatoms. The summed E-state index contributed by atoms with van der Waals surface area (Å²) in [4.78, 5) is 11.0. The summed E-state index contributed by atoms with van der Waals surface area (Å²) in [6.45, 7) is 4.15. The monoisotopic (exact) mass is 328 g/mol. The van der Waals surface area contributed by atoms with Crippen LogP contribution in [0.15, 0.2) is 30.4 Å². The molecule has 0 saturated heterocycles. The molecule has 0 N–H and O–H groups in total. The maximum absolute atomic E-state index is 12.8. The second-order valence-electron chi connectivity index (χ2n) is 5.66. The normalized spacial score (nSPS) is 17.7.